The third-order valence-corrected chi connectivity index (χ3v) is 7.02. The molecule has 0 heterocycles. The fourth-order valence-corrected chi connectivity index (χ4v) is 5.98. The lowest BCUT2D eigenvalue weighted by molar-refractivity contribution is 1.74. The average molecular weight is 263 g/mol. The quantitative estimate of drug-likeness (QED) is 0.452. The molecular weight excluding hydrogens is 251 g/mol. The summed E-state index contributed by atoms with van der Waals surface area (Å²) in [5.74, 6) is 1.07. The van der Waals surface area contributed by atoms with Crippen LogP contribution in [0.2, 0.25) is 0 Å². The Hall–Kier alpha value is -0.623. The van der Waals surface area contributed by atoms with Gasteiger partial charge in [-0.2, -0.15) is 11.1 Å². The second-order valence-electron chi connectivity index (χ2n) is 3.39. The number of benzene rings is 2. The summed E-state index contributed by atoms with van der Waals surface area (Å²) in [6, 6.07) is 21.3. The van der Waals surface area contributed by atoms with Crippen molar-refractivity contribution in [3.63, 3.8) is 0 Å². The summed E-state index contributed by atoms with van der Waals surface area (Å²) in [6.07, 6.45) is 0. The second-order valence-corrected chi connectivity index (χ2v) is 7.61. The van der Waals surface area contributed by atoms with Gasteiger partial charge in [0.1, 0.15) is 0 Å². The Morgan fingerprint density at radius 3 is 1.62 bits per heavy atom. The molecule has 0 saturated heterocycles. The van der Waals surface area contributed by atoms with Crippen molar-refractivity contribution in [1.82, 2.24) is 0 Å². The molecule has 0 bridgehead atoms. The van der Waals surface area contributed by atoms with Crippen LogP contribution in [-0.2, 0) is 0 Å². The van der Waals surface area contributed by atoms with Crippen LogP contribution in [0, 0.1) is 0 Å². The zero-order valence-electron chi connectivity index (χ0n) is 8.81. The van der Waals surface area contributed by atoms with E-state index in [4.69, 9.17) is 11.1 Å². The van der Waals surface area contributed by atoms with Crippen LogP contribution in [0.15, 0.2) is 60.7 Å². The zero-order chi connectivity index (χ0) is 11.2. The molecule has 0 saturated carbocycles. The van der Waals surface area contributed by atoms with Crippen molar-refractivity contribution >= 4 is 38.4 Å². The molecule has 0 fully saturated rings. The van der Waals surface area contributed by atoms with E-state index in [0.717, 1.165) is 5.79 Å². The number of rotatable bonds is 4. The molecule has 2 aromatic carbocycles. The van der Waals surface area contributed by atoms with Gasteiger partial charge >= 0.3 is 0 Å². The topological polar surface area (TPSA) is 0 Å². The van der Waals surface area contributed by atoms with Crippen LogP contribution in [0.1, 0.15) is 0 Å². The molecule has 2 rings (SSSR count). The van der Waals surface area contributed by atoms with Gasteiger partial charge in [0.25, 0.3) is 0 Å². The summed E-state index contributed by atoms with van der Waals surface area (Å²) in [6.45, 7) is 0. The average Bonchev–Trinajstić information content (AvgIpc) is 2.38. The van der Waals surface area contributed by atoms with Gasteiger partial charge in [-0.3, -0.25) is 0 Å². The minimum absolute atomic E-state index is 0.271. The molecule has 0 unspecified atom stereocenters. The minimum Gasteiger partial charge on any atom is -0.171 e. The first-order valence-electron chi connectivity index (χ1n) is 5.13. The Kier molecular flexibility index (Phi) is 4.59. The predicted octanol–water partition coefficient (Wildman–Crippen LogP) is 2.93. The van der Waals surface area contributed by atoms with Gasteiger partial charge in [-0.25, -0.2) is 0 Å². The fraction of sp³-hybridized carbons (Fsp3) is 0.0769. The highest BCUT2D eigenvalue weighted by atomic mass is 35.6. The summed E-state index contributed by atoms with van der Waals surface area (Å²) in [7, 11) is 0.220. The third-order valence-electron chi connectivity index (χ3n) is 2.35. The molecule has 0 nitrogen and oxygen atoms in total. The molecule has 2 radical (unpaired) electrons. The number of halogens is 1. The molecule has 0 aromatic heterocycles. The lowest BCUT2D eigenvalue weighted by Gasteiger charge is -2.16. The second kappa shape index (κ2) is 6.20. The number of hydrogen-bond acceptors (Lipinski definition) is 0. The summed E-state index contributed by atoms with van der Waals surface area (Å²) >= 11 is 5.94. The van der Waals surface area contributed by atoms with Crippen LogP contribution in [-0.4, -0.2) is 14.6 Å². The van der Waals surface area contributed by atoms with Gasteiger partial charge in [0.15, 0.2) is 8.83 Å². The highest BCUT2D eigenvalue weighted by Gasteiger charge is 2.12. The SMILES string of the molecule is Cl[Si]CP(c1ccccc1)c1ccccc1. The molecule has 0 aliphatic carbocycles. The van der Waals surface area contributed by atoms with Crippen molar-refractivity contribution in [3.05, 3.63) is 60.7 Å². The van der Waals surface area contributed by atoms with Crippen LogP contribution in [0.25, 0.3) is 0 Å². The Morgan fingerprint density at radius 2 is 1.25 bits per heavy atom. The molecule has 0 aliphatic heterocycles. The monoisotopic (exact) mass is 262 g/mol. The minimum atomic E-state index is -0.271. The summed E-state index contributed by atoms with van der Waals surface area (Å²) < 4.78 is 0. The van der Waals surface area contributed by atoms with E-state index in [2.05, 4.69) is 60.7 Å². The highest BCUT2D eigenvalue weighted by molar-refractivity contribution is 7.74. The molecule has 0 amide bonds. The Balaban J connectivity index is 2.31. The maximum Gasteiger partial charge on any atom is 0.177 e. The van der Waals surface area contributed by atoms with Crippen molar-refractivity contribution in [2.45, 2.75) is 0 Å². The Bertz CT molecular complexity index is 379. The van der Waals surface area contributed by atoms with Crippen molar-refractivity contribution in [1.29, 1.82) is 0 Å². The lowest BCUT2D eigenvalue weighted by Crippen LogP contribution is -2.15. The van der Waals surface area contributed by atoms with Crippen molar-refractivity contribution < 1.29 is 0 Å². The molecule has 0 spiro atoms. The van der Waals surface area contributed by atoms with Crippen molar-refractivity contribution in [2.75, 3.05) is 5.79 Å². The number of hydrogen-bond donors (Lipinski definition) is 0. The van der Waals surface area contributed by atoms with Crippen molar-refractivity contribution in [3.8, 4) is 0 Å². The smallest absolute Gasteiger partial charge is 0.171 e. The van der Waals surface area contributed by atoms with Gasteiger partial charge in [0.05, 0.1) is 0 Å². The largest absolute Gasteiger partial charge is 0.177 e. The van der Waals surface area contributed by atoms with E-state index >= 15 is 0 Å². The van der Waals surface area contributed by atoms with Gasteiger partial charge in [-0.05, 0) is 24.3 Å². The predicted molar refractivity (Wildman–Crippen MR) is 75.5 cm³/mol. The van der Waals surface area contributed by atoms with E-state index < -0.39 is 0 Å². The van der Waals surface area contributed by atoms with Crippen LogP contribution in [0.3, 0.4) is 0 Å². The normalized spacial score (nSPS) is 10.6. The first-order chi connectivity index (χ1) is 7.92. The fourth-order valence-electron chi connectivity index (χ4n) is 1.61. The van der Waals surface area contributed by atoms with E-state index in [1.165, 1.54) is 10.6 Å². The maximum atomic E-state index is 5.94. The molecular formula is C13H12ClPSi. The van der Waals surface area contributed by atoms with Gasteiger partial charge < -0.3 is 0 Å². The van der Waals surface area contributed by atoms with Crippen LogP contribution < -0.4 is 10.6 Å². The molecule has 80 valence electrons. The Morgan fingerprint density at radius 1 is 0.812 bits per heavy atom. The summed E-state index contributed by atoms with van der Waals surface area (Å²) in [5, 5.41) is 2.83. The van der Waals surface area contributed by atoms with Crippen molar-refractivity contribution in [2.24, 2.45) is 0 Å². The Labute approximate surface area is 105 Å². The van der Waals surface area contributed by atoms with E-state index in [9.17, 15) is 0 Å². The molecule has 16 heavy (non-hydrogen) atoms. The maximum absolute atomic E-state index is 5.94. The third kappa shape index (κ3) is 2.95. The molecule has 2 aromatic rings. The zero-order valence-corrected chi connectivity index (χ0v) is 11.5. The highest BCUT2D eigenvalue weighted by Crippen LogP contribution is 2.32. The van der Waals surface area contributed by atoms with E-state index in [-0.39, 0.29) is 7.92 Å². The van der Waals surface area contributed by atoms with Gasteiger partial charge in [0.2, 0.25) is 0 Å². The molecule has 0 atom stereocenters. The van der Waals surface area contributed by atoms with E-state index in [1.54, 1.807) is 0 Å². The van der Waals surface area contributed by atoms with E-state index in [1.807, 2.05) is 0 Å². The van der Waals surface area contributed by atoms with Gasteiger partial charge in [-0.1, -0.05) is 60.7 Å². The van der Waals surface area contributed by atoms with Crippen LogP contribution in [0.5, 0.6) is 0 Å². The van der Waals surface area contributed by atoms with Crippen LogP contribution >= 0.6 is 19.0 Å². The summed E-state index contributed by atoms with van der Waals surface area (Å²) in [4.78, 5) is 0. The molecule has 0 aliphatic rings. The first-order valence-corrected chi connectivity index (χ1v) is 8.87. The van der Waals surface area contributed by atoms with Gasteiger partial charge in [-0.15, -0.1) is 0 Å². The molecule has 0 N–H and O–H groups in total. The van der Waals surface area contributed by atoms with Gasteiger partial charge in [0, 0.05) is 0 Å². The van der Waals surface area contributed by atoms with E-state index in [0.29, 0.717) is 8.83 Å². The lowest BCUT2D eigenvalue weighted by atomic mass is 10.4. The van der Waals surface area contributed by atoms with Crippen LogP contribution in [0.4, 0.5) is 0 Å². The first kappa shape index (κ1) is 11.9. The standard InChI is InChI=1S/C13H12ClPSi/c14-16-11-15(12-7-3-1-4-8-12)13-9-5-2-6-10-13/h1-10H,11H2. The molecule has 3 heteroatoms. The summed E-state index contributed by atoms with van der Waals surface area (Å²) in [5.41, 5.74) is 0.